The third-order valence-corrected chi connectivity index (χ3v) is 7.12. The third kappa shape index (κ3) is 6.61. The third-order valence-electron chi connectivity index (χ3n) is 4.50. The molecule has 0 unspecified atom stereocenters. The highest BCUT2D eigenvalue weighted by molar-refractivity contribution is 7.89. The molecule has 0 aromatic heterocycles. The molecule has 152 valence electrons. The number of carbonyl (C=O) groups is 1. The van der Waals surface area contributed by atoms with Crippen LogP contribution >= 0.6 is 23.2 Å². The topological polar surface area (TPSA) is 66.9 Å². The monoisotopic (exact) mass is 436 g/mol. The molecule has 27 heavy (non-hydrogen) atoms. The smallest absolute Gasteiger partial charge is 0.305 e. The zero-order valence-electron chi connectivity index (χ0n) is 15.5. The number of carbonyl (C=O) groups excluding carboxylic acids is 1. The summed E-state index contributed by atoms with van der Waals surface area (Å²) in [7, 11) is -3.64. The molecule has 6 nitrogen and oxygen atoms in total. The number of ether oxygens (including phenoxy) is 1. The number of sulfonamides is 1. The first-order valence-electron chi connectivity index (χ1n) is 9.17. The van der Waals surface area contributed by atoms with E-state index in [9.17, 15) is 13.2 Å². The number of piperazine rings is 1. The van der Waals surface area contributed by atoms with Crippen molar-refractivity contribution in [2.24, 2.45) is 0 Å². The van der Waals surface area contributed by atoms with Gasteiger partial charge in [0.15, 0.2) is 0 Å². The van der Waals surface area contributed by atoms with Gasteiger partial charge in [0, 0.05) is 37.6 Å². The number of unbranched alkanes of at least 4 members (excludes halogenated alkanes) is 2. The Kier molecular flexibility index (Phi) is 8.82. The highest BCUT2D eigenvalue weighted by Gasteiger charge is 2.30. The van der Waals surface area contributed by atoms with Gasteiger partial charge in [-0.2, -0.15) is 4.31 Å². The van der Waals surface area contributed by atoms with Crippen molar-refractivity contribution in [2.75, 3.05) is 39.3 Å². The van der Waals surface area contributed by atoms with Crippen LogP contribution in [0.1, 0.15) is 32.6 Å². The van der Waals surface area contributed by atoms with E-state index in [1.807, 2.05) is 0 Å². The lowest BCUT2D eigenvalue weighted by atomic mass is 10.2. The van der Waals surface area contributed by atoms with E-state index in [0.29, 0.717) is 44.2 Å². The summed E-state index contributed by atoms with van der Waals surface area (Å²) >= 11 is 12.0. The average Bonchev–Trinajstić information content (AvgIpc) is 2.64. The predicted molar refractivity (Wildman–Crippen MR) is 107 cm³/mol. The molecule has 2 rings (SSSR count). The second kappa shape index (κ2) is 10.6. The van der Waals surface area contributed by atoms with Gasteiger partial charge in [-0.25, -0.2) is 8.42 Å². The van der Waals surface area contributed by atoms with Crippen LogP contribution in [0.15, 0.2) is 23.1 Å². The van der Waals surface area contributed by atoms with Crippen LogP contribution in [0, 0.1) is 0 Å². The maximum Gasteiger partial charge on any atom is 0.305 e. The summed E-state index contributed by atoms with van der Waals surface area (Å²) in [6, 6.07) is 4.47. The lowest BCUT2D eigenvalue weighted by Gasteiger charge is -2.34. The normalized spacial score (nSPS) is 16.4. The van der Waals surface area contributed by atoms with Gasteiger partial charge in [0.05, 0.1) is 11.6 Å². The number of benzene rings is 1. The summed E-state index contributed by atoms with van der Waals surface area (Å²) in [5, 5.41) is 0.530. The maximum atomic E-state index is 12.8. The first-order chi connectivity index (χ1) is 12.8. The standard InChI is InChI=1S/C18H26Cl2N2O4S/c1-2-26-18(23)6-4-3-5-9-21-10-12-22(13-11-21)27(24,25)17-14-15(19)7-8-16(17)20/h7-8,14H,2-6,9-13H2,1H3. The van der Waals surface area contributed by atoms with Gasteiger partial charge in [-0.3, -0.25) is 4.79 Å². The summed E-state index contributed by atoms with van der Waals surface area (Å²) in [5.74, 6) is -0.143. The first-order valence-corrected chi connectivity index (χ1v) is 11.4. The number of nitrogens with zero attached hydrogens (tertiary/aromatic N) is 2. The lowest BCUT2D eigenvalue weighted by molar-refractivity contribution is -0.143. The molecule has 1 aliphatic heterocycles. The van der Waals surface area contributed by atoms with Crippen molar-refractivity contribution in [2.45, 2.75) is 37.5 Å². The number of esters is 1. The van der Waals surface area contributed by atoms with Gasteiger partial charge in [-0.15, -0.1) is 0 Å². The fourth-order valence-corrected chi connectivity index (χ4v) is 5.18. The van der Waals surface area contributed by atoms with Crippen LogP contribution in [0.4, 0.5) is 0 Å². The molecule has 1 aromatic rings. The van der Waals surface area contributed by atoms with Gasteiger partial charge >= 0.3 is 5.97 Å². The fraction of sp³-hybridized carbons (Fsp3) is 0.611. The zero-order valence-corrected chi connectivity index (χ0v) is 17.8. The minimum atomic E-state index is -3.64. The van der Waals surface area contributed by atoms with Crippen molar-refractivity contribution in [3.8, 4) is 0 Å². The van der Waals surface area contributed by atoms with Gasteiger partial charge in [0.25, 0.3) is 0 Å². The van der Waals surface area contributed by atoms with Crippen molar-refractivity contribution in [3.05, 3.63) is 28.2 Å². The molecule has 0 radical (unpaired) electrons. The molecule has 9 heteroatoms. The number of halogens is 2. The molecule has 0 saturated carbocycles. The summed E-state index contributed by atoms with van der Waals surface area (Å²) in [6.45, 7) is 5.33. The van der Waals surface area contributed by atoms with Gasteiger partial charge in [-0.1, -0.05) is 29.6 Å². The largest absolute Gasteiger partial charge is 0.466 e. The van der Waals surface area contributed by atoms with Crippen LogP contribution in [0.3, 0.4) is 0 Å². The molecule has 0 amide bonds. The van der Waals surface area contributed by atoms with Crippen molar-refractivity contribution >= 4 is 39.2 Å². The van der Waals surface area contributed by atoms with Crippen LogP contribution in [0.2, 0.25) is 10.0 Å². The van der Waals surface area contributed by atoms with Crippen LogP contribution in [-0.2, 0) is 19.6 Å². The molecule has 0 aliphatic carbocycles. The van der Waals surface area contributed by atoms with Crippen LogP contribution in [-0.4, -0.2) is 62.9 Å². The number of hydrogen-bond acceptors (Lipinski definition) is 5. The Morgan fingerprint density at radius 1 is 1.11 bits per heavy atom. The molecule has 0 bridgehead atoms. The van der Waals surface area contributed by atoms with E-state index in [2.05, 4.69) is 4.90 Å². The Morgan fingerprint density at radius 2 is 1.81 bits per heavy atom. The molecule has 1 fully saturated rings. The Hall–Kier alpha value is -0.860. The summed E-state index contributed by atoms with van der Waals surface area (Å²) < 4.78 is 32.0. The second-order valence-corrected chi connectivity index (χ2v) is 9.19. The quantitative estimate of drug-likeness (QED) is 0.438. The van der Waals surface area contributed by atoms with Crippen molar-refractivity contribution in [3.63, 3.8) is 0 Å². The molecule has 1 aliphatic rings. The van der Waals surface area contributed by atoms with Crippen LogP contribution in [0.25, 0.3) is 0 Å². The lowest BCUT2D eigenvalue weighted by Crippen LogP contribution is -2.48. The Bertz CT molecular complexity index is 735. The molecule has 0 N–H and O–H groups in total. The number of rotatable bonds is 9. The molecule has 0 atom stereocenters. The minimum Gasteiger partial charge on any atom is -0.466 e. The molecule has 1 saturated heterocycles. The van der Waals surface area contributed by atoms with Crippen molar-refractivity contribution < 1.29 is 17.9 Å². The average molecular weight is 437 g/mol. The SMILES string of the molecule is CCOC(=O)CCCCCN1CCN(S(=O)(=O)c2cc(Cl)ccc2Cl)CC1. The fourth-order valence-electron chi connectivity index (χ4n) is 3.02. The molecule has 1 aromatic carbocycles. The summed E-state index contributed by atoms with van der Waals surface area (Å²) in [4.78, 5) is 13.6. The van der Waals surface area contributed by atoms with E-state index < -0.39 is 10.0 Å². The van der Waals surface area contributed by atoms with E-state index in [1.165, 1.54) is 16.4 Å². The molecule has 0 spiro atoms. The van der Waals surface area contributed by atoms with Crippen molar-refractivity contribution in [1.82, 2.24) is 9.21 Å². The second-order valence-electron chi connectivity index (χ2n) is 6.44. The van der Waals surface area contributed by atoms with E-state index >= 15 is 0 Å². The van der Waals surface area contributed by atoms with E-state index in [0.717, 1.165) is 25.8 Å². The molecule has 1 heterocycles. The summed E-state index contributed by atoms with van der Waals surface area (Å²) in [5.41, 5.74) is 0. The van der Waals surface area contributed by atoms with Crippen LogP contribution in [0.5, 0.6) is 0 Å². The minimum absolute atomic E-state index is 0.0593. The van der Waals surface area contributed by atoms with Crippen LogP contribution < -0.4 is 0 Å². The predicted octanol–water partition coefficient (Wildman–Crippen LogP) is 3.42. The summed E-state index contributed by atoms with van der Waals surface area (Å²) in [6.07, 6.45) is 3.21. The molecular weight excluding hydrogens is 411 g/mol. The highest BCUT2D eigenvalue weighted by Crippen LogP contribution is 2.28. The maximum absolute atomic E-state index is 12.8. The highest BCUT2D eigenvalue weighted by atomic mass is 35.5. The van der Waals surface area contributed by atoms with Gasteiger partial charge in [-0.05, 0) is 44.5 Å². The Labute approximate surface area is 171 Å². The number of hydrogen-bond donors (Lipinski definition) is 0. The zero-order chi connectivity index (χ0) is 19.9. The van der Waals surface area contributed by atoms with Crippen molar-refractivity contribution in [1.29, 1.82) is 0 Å². The van der Waals surface area contributed by atoms with E-state index in [-0.39, 0.29) is 15.9 Å². The van der Waals surface area contributed by atoms with Gasteiger partial charge < -0.3 is 9.64 Å². The van der Waals surface area contributed by atoms with Gasteiger partial charge in [0.1, 0.15) is 4.90 Å². The van der Waals surface area contributed by atoms with E-state index in [4.69, 9.17) is 27.9 Å². The molecular formula is C18H26Cl2N2O4S. The van der Waals surface area contributed by atoms with E-state index in [1.54, 1.807) is 13.0 Å². The Morgan fingerprint density at radius 3 is 2.48 bits per heavy atom. The first kappa shape index (κ1) is 22.4. The van der Waals surface area contributed by atoms with Gasteiger partial charge in [0.2, 0.25) is 10.0 Å². The Balaban J connectivity index is 1.76.